The van der Waals surface area contributed by atoms with Crippen molar-refractivity contribution in [2.75, 3.05) is 20.6 Å². The van der Waals surface area contributed by atoms with Gasteiger partial charge in [-0.1, -0.05) is 68.0 Å². The van der Waals surface area contributed by atoms with Gasteiger partial charge in [0.25, 0.3) is 0 Å². The van der Waals surface area contributed by atoms with Crippen LogP contribution in [0.5, 0.6) is 0 Å². The summed E-state index contributed by atoms with van der Waals surface area (Å²) in [7, 11) is 4.25. The molecule has 0 fully saturated rings. The number of allylic oxidation sites excluding steroid dienone is 2. The Balaban J connectivity index is 0. The molecule has 28 heavy (non-hydrogen) atoms. The van der Waals surface area contributed by atoms with Crippen LogP contribution in [0, 0.1) is 5.92 Å². The molecule has 1 N–H and O–H groups in total. The first-order valence-electron chi connectivity index (χ1n) is 8.69. The first kappa shape index (κ1) is 29.0. The monoisotopic (exact) mass is 452 g/mol. The van der Waals surface area contributed by atoms with Crippen LogP contribution in [-0.4, -0.2) is 25.5 Å². The second kappa shape index (κ2) is 14.8. The SMILES string of the molecule is C[C-](C)c1ccccc1C1=C(CN(C)C)C=CC1.Cl.Cl.[NH-]c1ccccc1.[Ti+2]. The third-order valence-corrected chi connectivity index (χ3v) is 4.08. The van der Waals surface area contributed by atoms with E-state index in [1.165, 1.54) is 28.2 Å². The molecule has 0 unspecified atom stereocenters. The van der Waals surface area contributed by atoms with Gasteiger partial charge in [0.2, 0.25) is 0 Å². The number of rotatable bonds is 4. The van der Waals surface area contributed by atoms with E-state index in [1.807, 2.05) is 18.2 Å². The number of likely N-dealkylation sites (N-methyl/N-ethyl adjacent to an activating group) is 1. The maximum Gasteiger partial charge on any atom is 2.00 e. The zero-order chi connectivity index (χ0) is 18.2. The minimum Gasteiger partial charge on any atom is -0.699 e. The Morgan fingerprint density at radius 3 is 2.00 bits per heavy atom. The van der Waals surface area contributed by atoms with Gasteiger partial charge in [0.05, 0.1) is 0 Å². The first-order valence-corrected chi connectivity index (χ1v) is 8.69. The van der Waals surface area contributed by atoms with Gasteiger partial charge in [-0.25, -0.2) is 0 Å². The number of benzene rings is 2. The summed E-state index contributed by atoms with van der Waals surface area (Å²) in [5.74, 6) is 1.38. The normalized spacial score (nSPS) is 11.6. The molecule has 0 saturated carbocycles. The van der Waals surface area contributed by atoms with Crippen LogP contribution in [-0.2, 0) is 21.7 Å². The van der Waals surface area contributed by atoms with Crippen LogP contribution >= 0.6 is 24.8 Å². The minimum absolute atomic E-state index is 0. The molecule has 2 nitrogen and oxygen atoms in total. The summed E-state index contributed by atoms with van der Waals surface area (Å²) in [4.78, 5) is 2.23. The molecule has 5 heteroatoms. The molecule has 0 spiro atoms. The van der Waals surface area contributed by atoms with Gasteiger partial charge >= 0.3 is 21.7 Å². The van der Waals surface area contributed by atoms with Crippen molar-refractivity contribution in [1.82, 2.24) is 4.90 Å². The van der Waals surface area contributed by atoms with Crippen LogP contribution in [0.2, 0.25) is 0 Å². The second-order valence-corrected chi connectivity index (χ2v) is 6.76. The van der Waals surface area contributed by atoms with Crippen molar-refractivity contribution in [2.24, 2.45) is 0 Å². The van der Waals surface area contributed by atoms with Gasteiger partial charge in [0.1, 0.15) is 0 Å². The standard InChI is InChI=1S/C17H22N.C6H6N.2ClH.Ti/c1-13(2)15-9-5-6-10-17(15)16-11-7-8-14(16)12-18(3)4;7-6-4-2-1-3-5-6;;;/h5-10H,11-12H2,1-4H3;1-5,7H;2*1H;/q2*-1;;;+2. The van der Waals surface area contributed by atoms with Crippen molar-refractivity contribution in [2.45, 2.75) is 20.3 Å². The van der Waals surface area contributed by atoms with E-state index in [1.54, 1.807) is 12.1 Å². The van der Waals surface area contributed by atoms with E-state index in [9.17, 15) is 0 Å². The largest absolute Gasteiger partial charge is 2.00 e. The molecule has 2 aromatic rings. The van der Waals surface area contributed by atoms with E-state index in [-0.39, 0.29) is 46.5 Å². The quantitative estimate of drug-likeness (QED) is 0.357. The van der Waals surface area contributed by atoms with Gasteiger partial charge in [0, 0.05) is 6.54 Å². The summed E-state index contributed by atoms with van der Waals surface area (Å²) in [5, 5.41) is 0. The van der Waals surface area contributed by atoms with Crippen LogP contribution < -0.4 is 0 Å². The number of halogens is 2. The second-order valence-electron chi connectivity index (χ2n) is 6.76. The molecular weight excluding hydrogens is 423 g/mol. The number of nitrogens with one attached hydrogen (secondary N) is 1. The fraction of sp³-hybridized carbons (Fsp3) is 0.261. The zero-order valence-electron chi connectivity index (χ0n) is 17.0. The van der Waals surface area contributed by atoms with E-state index in [2.05, 4.69) is 69.3 Å². The summed E-state index contributed by atoms with van der Waals surface area (Å²) >= 11 is 0. The Morgan fingerprint density at radius 1 is 0.929 bits per heavy atom. The van der Waals surface area contributed by atoms with Crippen molar-refractivity contribution in [3.8, 4) is 0 Å². The molecule has 0 aliphatic heterocycles. The van der Waals surface area contributed by atoms with Gasteiger partial charge in [-0.05, 0) is 26.1 Å². The molecule has 3 rings (SSSR count). The summed E-state index contributed by atoms with van der Waals surface area (Å²) < 4.78 is 0. The number of hydrogen-bond donors (Lipinski definition) is 0. The fourth-order valence-electron chi connectivity index (χ4n) is 2.94. The predicted molar refractivity (Wildman–Crippen MR) is 124 cm³/mol. The Hall–Kier alpha value is -1.16. The Bertz CT molecular complexity index is 741. The summed E-state index contributed by atoms with van der Waals surface area (Å²) in [6.07, 6.45) is 5.61. The van der Waals surface area contributed by atoms with Gasteiger partial charge < -0.3 is 10.6 Å². The third kappa shape index (κ3) is 8.90. The van der Waals surface area contributed by atoms with Crippen LogP contribution in [0.3, 0.4) is 0 Å². The summed E-state index contributed by atoms with van der Waals surface area (Å²) in [6, 6.07) is 17.8. The molecule has 0 heterocycles. The molecule has 0 radical (unpaired) electrons. The van der Waals surface area contributed by atoms with E-state index < -0.39 is 0 Å². The summed E-state index contributed by atoms with van der Waals surface area (Å²) in [6.45, 7) is 5.39. The molecule has 0 aromatic heterocycles. The maximum atomic E-state index is 7.00. The molecule has 150 valence electrons. The number of nitrogens with zero attached hydrogens (tertiary/aromatic N) is 1. The zero-order valence-corrected chi connectivity index (χ0v) is 20.2. The smallest absolute Gasteiger partial charge is 0.699 e. The molecule has 0 amide bonds. The molecule has 1 aliphatic carbocycles. The van der Waals surface area contributed by atoms with Gasteiger partial charge in [0.15, 0.2) is 0 Å². The predicted octanol–water partition coefficient (Wildman–Crippen LogP) is 7.14. The molecule has 2 aromatic carbocycles. The van der Waals surface area contributed by atoms with Gasteiger partial charge in [-0.2, -0.15) is 17.5 Å². The van der Waals surface area contributed by atoms with Gasteiger partial charge in [-0.3, -0.25) is 0 Å². The Morgan fingerprint density at radius 2 is 1.50 bits per heavy atom. The van der Waals surface area contributed by atoms with Crippen LogP contribution in [0.1, 0.15) is 31.4 Å². The maximum absolute atomic E-state index is 7.00. The first-order chi connectivity index (χ1) is 12.0. The van der Waals surface area contributed by atoms with Crippen LogP contribution in [0.25, 0.3) is 11.3 Å². The molecular formula is C23H30Cl2N2Ti. The average molecular weight is 453 g/mol. The van der Waals surface area contributed by atoms with Crippen molar-refractivity contribution in [3.63, 3.8) is 0 Å². The third-order valence-electron chi connectivity index (χ3n) is 4.08. The Kier molecular flexibility index (Phi) is 15.3. The molecule has 0 bridgehead atoms. The van der Waals surface area contributed by atoms with Crippen LogP contribution in [0.4, 0.5) is 5.69 Å². The Labute approximate surface area is 198 Å². The fourth-order valence-corrected chi connectivity index (χ4v) is 2.94. The van der Waals surface area contributed by atoms with E-state index >= 15 is 0 Å². The average Bonchev–Trinajstić information content (AvgIpc) is 3.03. The minimum atomic E-state index is 0. The molecule has 0 atom stereocenters. The summed E-state index contributed by atoms with van der Waals surface area (Å²) in [5.41, 5.74) is 13.3. The van der Waals surface area contributed by atoms with Crippen molar-refractivity contribution >= 4 is 36.1 Å². The molecule has 0 saturated heterocycles. The number of hydrogen-bond acceptors (Lipinski definition) is 1. The topological polar surface area (TPSA) is 27.0 Å². The van der Waals surface area contributed by atoms with Crippen LogP contribution in [0.15, 0.2) is 72.3 Å². The van der Waals surface area contributed by atoms with Crippen molar-refractivity contribution in [1.29, 1.82) is 0 Å². The van der Waals surface area contributed by atoms with Crippen molar-refractivity contribution in [3.05, 3.63) is 95.1 Å². The molecule has 1 aliphatic rings. The van der Waals surface area contributed by atoms with Crippen molar-refractivity contribution < 1.29 is 21.7 Å². The van der Waals surface area contributed by atoms with E-state index in [0.717, 1.165) is 13.0 Å². The van der Waals surface area contributed by atoms with E-state index in [0.29, 0.717) is 5.69 Å². The van der Waals surface area contributed by atoms with E-state index in [4.69, 9.17) is 5.73 Å². The van der Waals surface area contributed by atoms with Gasteiger partial charge in [-0.15, -0.1) is 48.2 Å².